The van der Waals surface area contributed by atoms with Crippen LogP contribution >= 0.6 is 0 Å². The van der Waals surface area contributed by atoms with Crippen LogP contribution in [0.5, 0.6) is 0 Å². The number of halogens is 1. The van der Waals surface area contributed by atoms with E-state index in [0.717, 1.165) is 24.8 Å². The third-order valence-corrected chi connectivity index (χ3v) is 3.32. The van der Waals surface area contributed by atoms with Crippen molar-refractivity contribution in [2.24, 2.45) is 5.92 Å². The quantitative estimate of drug-likeness (QED) is 0.741. The normalized spacial score (nSPS) is 25.7. The van der Waals surface area contributed by atoms with E-state index in [9.17, 15) is 9.50 Å². The van der Waals surface area contributed by atoms with Gasteiger partial charge in [0.2, 0.25) is 0 Å². The first-order valence-electron chi connectivity index (χ1n) is 5.64. The van der Waals surface area contributed by atoms with E-state index >= 15 is 0 Å². The second kappa shape index (κ2) is 4.75. The van der Waals surface area contributed by atoms with Crippen LogP contribution in [-0.2, 0) is 6.42 Å². The fourth-order valence-electron chi connectivity index (χ4n) is 2.46. The summed E-state index contributed by atoms with van der Waals surface area (Å²) < 4.78 is 12.3. The van der Waals surface area contributed by atoms with Gasteiger partial charge in [-0.15, -0.1) is 0 Å². The standard InChI is InChI=1S/C13H17FO/c14-9-8-11-6-3-5-10-4-1-2-7-12(10)13(11)15/h1-2,4,7,11,13,15H,3,5-6,8-9H2. The van der Waals surface area contributed by atoms with Crippen molar-refractivity contribution in [1.82, 2.24) is 0 Å². The molecule has 1 nitrogen and oxygen atoms in total. The molecule has 1 aliphatic carbocycles. The summed E-state index contributed by atoms with van der Waals surface area (Å²) in [6.45, 7) is -0.329. The molecular weight excluding hydrogens is 191 g/mol. The summed E-state index contributed by atoms with van der Waals surface area (Å²) in [5.41, 5.74) is 2.24. The Morgan fingerprint density at radius 1 is 1.33 bits per heavy atom. The van der Waals surface area contributed by atoms with E-state index in [1.165, 1.54) is 5.56 Å². The van der Waals surface area contributed by atoms with Crippen LogP contribution in [0.3, 0.4) is 0 Å². The zero-order chi connectivity index (χ0) is 10.7. The van der Waals surface area contributed by atoms with Gasteiger partial charge in [0.05, 0.1) is 12.8 Å². The molecule has 0 bridgehead atoms. The molecule has 0 saturated carbocycles. The average molecular weight is 208 g/mol. The SMILES string of the molecule is OC1c2ccccc2CCCC1CCF. The fourth-order valence-corrected chi connectivity index (χ4v) is 2.46. The number of hydrogen-bond donors (Lipinski definition) is 1. The van der Waals surface area contributed by atoms with E-state index < -0.39 is 6.10 Å². The smallest absolute Gasteiger partial charge is 0.0898 e. The van der Waals surface area contributed by atoms with Crippen LogP contribution in [0.2, 0.25) is 0 Å². The van der Waals surface area contributed by atoms with Crippen LogP contribution in [-0.4, -0.2) is 11.8 Å². The van der Waals surface area contributed by atoms with Gasteiger partial charge in [0.1, 0.15) is 0 Å². The molecule has 0 radical (unpaired) electrons. The van der Waals surface area contributed by atoms with Crippen molar-refractivity contribution in [2.45, 2.75) is 31.8 Å². The predicted molar refractivity (Wildman–Crippen MR) is 58.4 cm³/mol. The number of aliphatic hydroxyl groups excluding tert-OH is 1. The zero-order valence-electron chi connectivity index (χ0n) is 8.82. The molecular formula is C13H17FO. The Hall–Kier alpha value is -0.890. The number of rotatable bonds is 2. The maximum Gasteiger partial charge on any atom is 0.0898 e. The van der Waals surface area contributed by atoms with E-state index in [4.69, 9.17) is 0 Å². The third kappa shape index (κ3) is 2.20. The maximum atomic E-state index is 12.3. The van der Waals surface area contributed by atoms with Crippen molar-refractivity contribution in [1.29, 1.82) is 0 Å². The van der Waals surface area contributed by atoms with Crippen LogP contribution in [0, 0.1) is 5.92 Å². The molecule has 2 unspecified atom stereocenters. The molecule has 15 heavy (non-hydrogen) atoms. The van der Waals surface area contributed by atoms with Gasteiger partial charge in [0.15, 0.2) is 0 Å². The Labute approximate surface area is 89.9 Å². The van der Waals surface area contributed by atoms with E-state index in [1.54, 1.807) is 0 Å². The van der Waals surface area contributed by atoms with Gasteiger partial charge in [-0.25, -0.2) is 0 Å². The van der Waals surface area contributed by atoms with Gasteiger partial charge in [-0.2, -0.15) is 0 Å². The Morgan fingerprint density at radius 2 is 2.13 bits per heavy atom. The van der Waals surface area contributed by atoms with Crippen molar-refractivity contribution >= 4 is 0 Å². The molecule has 2 heteroatoms. The molecule has 1 N–H and O–H groups in total. The van der Waals surface area contributed by atoms with Crippen molar-refractivity contribution in [3.8, 4) is 0 Å². The first kappa shape index (κ1) is 10.6. The molecule has 0 fully saturated rings. The highest BCUT2D eigenvalue weighted by Gasteiger charge is 2.25. The summed E-state index contributed by atoms with van der Waals surface area (Å²) >= 11 is 0. The molecule has 0 spiro atoms. The largest absolute Gasteiger partial charge is 0.388 e. The fraction of sp³-hybridized carbons (Fsp3) is 0.538. The molecule has 0 amide bonds. The minimum atomic E-state index is -0.473. The van der Waals surface area contributed by atoms with Gasteiger partial charge in [0.25, 0.3) is 0 Å². The lowest BCUT2D eigenvalue weighted by Crippen LogP contribution is -2.12. The molecule has 1 aromatic rings. The molecule has 0 aromatic heterocycles. The maximum absolute atomic E-state index is 12.3. The van der Waals surface area contributed by atoms with Crippen LogP contribution in [0.25, 0.3) is 0 Å². The second-order valence-corrected chi connectivity index (χ2v) is 4.27. The molecule has 2 rings (SSSR count). The molecule has 0 aliphatic heterocycles. The summed E-state index contributed by atoms with van der Waals surface area (Å²) in [6, 6.07) is 7.98. The Morgan fingerprint density at radius 3 is 2.93 bits per heavy atom. The minimum absolute atomic E-state index is 0.0960. The molecule has 0 heterocycles. The Balaban J connectivity index is 2.26. The number of aliphatic hydroxyl groups is 1. The van der Waals surface area contributed by atoms with E-state index in [-0.39, 0.29) is 12.6 Å². The van der Waals surface area contributed by atoms with Gasteiger partial charge in [-0.1, -0.05) is 24.3 Å². The van der Waals surface area contributed by atoms with E-state index in [0.29, 0.717) is 6.42 Å². The molecule has 82 valence electrons. The van der Waals surface area contributed by atoms with Gasteiger partial charge in [0, 0.05) is 0 Å². The number of hydrogen-bond acceptors (Lipinski definition) is 1. The summed E-state index contributed by atoms with van der Waals surface area (Å²) in [6.07, 6.45) is 3.00. The van der Waals surface area contributed by atoms with Crippen molar-refractivity contribution in [3.05, 3.63) is 35.4 Å². The Kier molecular flexibility index (Phi) is 3.37. The first-order chi connectivity index (χ1) is 7.33. The number of alkyl halides is 1. The van der Waals surface area contributed by atoms with Gasteiger partial charge < -0.3 is 5.11 Å². The molecule has 2 atom stereocenters. The topological polar surface area (TPSA) is 20.2 Å². The van der Waals surface area contributed by atoms with Gasteiger partial charge >= 0.3 is 0 Å². The second-order valence-electron chi connectivity index (χ2n) is 4.27. The van der Waals surface area contributed by atoms with Crippen LogP contribution < -0.4 is 0 Å². The summed E-state index contributed by atoms with van der Waals surface area (Å²) in [5, 5.41) is 10.2. The first-order valence-corrected chi connectivity index (χ1v) is 5.64. The highest BCUT2D eigenvalue weighted by Crippen LogP contribution is 2.34. The van der Waals surface area contributed by atoms with Crippen LogP contribution in [0.1, 0.15) is 36.5 Å². The number of benzene rings is 1. The van der Waals surface area contributed by atoms with Gasteiger partial charge in [-0.05, 0) is 42.7 Å². The molecule has 1 aromatic carbocycles. The lowest BCUT2D eigenvalue weighted by atomic mass is 9.91. The van der Waals surface area contributed by atoms with Gasteiger partial charge in [-0.3, -0.25) is 4.39 Å². The van der Waals surface area contributed by atoms with Crippen molar-refractivity contribution < 1.29 is 9.50 Å². The third-order valence-electron chi connectivity index (χ3n) is 3.32. The van der Waals surface area contributed by atoms with E-state index in [2.05, 4.69) is 6.07 Å². The highest BCUT2D eigenvalue weighted by molar-refractivity contribution is 5.30. The monoisotopic (exact) mass is 208 g/mol. The van der Waals surface area contributed by atoms with Crippen LogP contribution in [0.4, 0.5) is 4.39 Å². The van der Waals surface area contributed by atoms with Crippen molar-refractivity contribution in [3.63, 3.8) is 0 Å². The predicted octanol–water partition coefficient (Wildman–Crippen LogP) is 3.03. The van der Waals surface area contributed by atoms with Crippen molar-refractivity contribution in [2.75, 3.05) is 6.67 Å². The highest BCUT2D eigenvalue weighted by atomic mass is 19.1. The zero-order valence-corrected chi connectivity index (χ0v) is 8.82. The van der Waals surface area contributed by atoms with Crippen LogP contribution in [0.15, 0.2) is 24.3 Å². The average Bonchev–Trinajstić information content (AvgIpc) is 2.41. The lowest BCUT2D eigenvalue weighted by molar-refractivity contribution is 0.0950. The molecule has 1 aliphatic rings. The number of fused-ring (bicyclic) bond motifs is 1. The number of aryl methyl sites for hydroxylation is 1. The lowest BCUT2D eigenvalue weighted by Gasteiger charge is -2.20. The Bertz CT molecular complexity index is 324. The van der Waals surface area contributed by atoms with E-state index in [1.807, 2.05) is 18.2 Å². The summed E-state index contributed by atoms with van der Waals surface area (Å²) in [7, 11) is 0. The summed E-state index contributed by atoms with van der Waals surface area (Å²) in [5.74, 6) is 0.0960. The minimum Gasteiger partial charge on any atom is -0.388 e. The summed E-state index contributed by atoms with van der Waals surface area (Å²) in [4.78, 5) is 0. The molecule has 0 saturated heterocycles.